The van der Waals surface area contributed by atoms with E-state index < -0.39 is 12.1 Å². The van der Waals surface area contributed by atoms with Crippen molar-refractivity contribution in [1.82, 2.24) is 9.88 Å². The van der Waals surface area contributed by atoms with Gasteiger partial charge in [-0.3, -0.25) is 9.88 Å². The van der Waals surface area contributed by atoms with E-state index >= 15 is 0 Å². The van der Waals surface area contributed by atoms with Gasteiger partial charge in [0.15, 0.2) is 0 Å². The fourth-order valence-electron chi connectivity index (χ4n) is 5.10. The number of rotatable bonds is 5. The lowest BCUT2D eigenvalue weighted by atomic mass is 9.73. The number of hydrogen-bond acceptors (Lipinski definition) is 6. The molecule has 0 radical (unpaired) electrons. The van der Waals surface area contributed by atoms with Crippen LogP contribution in [0.4, 0.5) is 0 Å². The number of pyridine rings is 1. The summed E-state index contributed by atoms with van der Waals surface area (Å²) < 4.78 is 5.35. The molecule has 7 heteroatoms. The Morgan fingerprint density at radius 1 is 1.26 bits per heavy atom. The SMILES string of the molecule is C=CC1CN2CCC1CC2C(O)c1ccnc2ccc(OC)cc12.O=C(O)c1ccccc1O. The molecule has 0 amide bonds. The van der Waals surface area contributed by atoms with Crippen molar-refractivity contribution in [3.63, 3.8) is 0 Å². The molecule has 5 unspecified atom stereocenters. The van der Waals surface area contributed by atoms with E-state index in [1.807, 2.05) is 24.3 Å². The Hall–Kier alpha value is -3.42. The average Bonchev–Trinajstić information content (AvgIpc) is 2.88. The van der Waals surface area contributed by atoms with Gasteiger partial charge < -0.3 is 20.1 Å². The van der Waals surface area contributed by atoms with Gasteiger partial charge in [0.25, 0.3) is 0 Å². The fraction of sp³-hybridized carbons (Fsp3) is 0.333. The van der Waals surface area contributed by atoms with E-state index in [0.717, 1.165) is 41.7 Å². The minimum Gasteiger partial charge on any atom is -0.507 e. The van der Waals surface area contributed by atoms with Crippen molar-refractivity contribution in [2.24, 2.45) is 11.8 Å². The fourth-order valence-corrected chi connectivity index (χ4v) is 5.10. The van der Waals surface area contributed by atoms with Crippen LogP contribution in [0.15, 0.2) is 67.4 Å². The standard InChI is InChI=1S/C20H24N2O2.C7H6O3/c1-3-13-12-22-9-7-14(13)10-19(22)20(23)16-6-8-21-18-5-4-15(24-2)11-17(16)18;8-6-4-2-1-3-5(6)7(9)10/h3-6,8,11,13-14,19-20,23H,1,7,9-10,12H2,2H3;1-4,8H,(H,9,10). The summed E-state index contributed by atoms with van der Waals surface area (Å²) in [5, 5.41) is 29.4. The molecular weight excluding hydrogens is 432 g/mol. The number of para-hydroxylation sites is 1. The van der Waals surface area contributed by atoms with Gasteiger partial charge in [0.05, 0.1) is 18.7 Å². The molecule has 3 aromatic rings. The summed E-state index contributed by atoms with van der Waals surface area (Å²) in [4.78, 5) is 17.1. The first-order chi connectivity index (χ1) is 16.4. The molecule has 0 spiro atoms. The second-order valence-electron chi connectivity index (χ2n) is 8.80. The number of fused-ring (bicyclic) bond motifs is 4. The molecule has 0 aliphatic carbocycles. The van der Waals surface area contributed by atoms with Gasteiger partial charge in [-0.1, -0.05) is 18.2 Å². The summed E-state index contributed by atoms with van der Waals surface area (Å²) in [5.41, 5.74) is 1.78. The Bertz CT molecular complexity index is 1180. The highest BCUT2D eigenvalue weighted by molar-refractivity contribution is 5.90. The number of hydrogen-bond donors (Lipinski definition) is 3. The first-order valence-corrected chi connectivity index (χ1v) is 11.4. The zero-order valence-electron chi connectivity index (χ0n) is 19.2. The number of aliphatic hydroxyl groups excluding tert-OH is 1. The van der Waals surface area contributed by atoms with Crippen LogP contribution in [0.2, 0.25) is 0 Å². The molecule has 3 aliphatic rings. The van der Waals surface area contributed by atoms with Gasteiger partial charge in [-0.15, -0.1) is 6.58 Å². The first-order valence-electron chi connectivity index (χ1n) is 11.4. The summed E-state index contributed by atoms with van der Waals surface area (Å²) in [6.45, 7) is 6.07. The van der Waals surface area contributed by atoms with E-state index in [2.05, 4.69) is 22.5 Å². The zero-order chi connectivity index (χ0) is 24.2. The van der Waals surface area contributed by atoms with E-state index in [9.17, 15) is 9.90 Å². The van der Waals surface area contributed by atoms with E-state index in [4.69, 9.17) is 14.9 Å². The maximum absolute atomic E-state index is 11.2. The molecule has 178 valence electrons. The molecule has 0 saturated carbocycles. The molecule has 4 heterocycles. The normalized spacial score (nSPS) is 24.1. The van der Waals surface area contributed by atoms with Crippen LogP contribution in [0.1, 0.15) is 34.9 Å². The van der Waals surface area contributed by atoms with Crippen molar-refractivity contribution >= 4 is 16.9 Å². The molecule has 5 atom stereocenters. The number of nitrogens with zero attached hydrogens (tertiary/aromatic N) is 2. The first kappa shape index (κ1) is 23.7. The molecule has 3 saturated heterocycles. The van der Waals surface area contributed by atoms with Gasteiger partial charge in [-0.2, -0.15) is 0 Å². The highest BCUT2D eigenvalue weighted by Crippen LogP contribution is 2.42. The molecule has 1 aromatic heterocycles. The van der Waals surface area contributed by atoms with Gasteiger partial charge in [-0.25, -0.2) is 4.79 Å². The van der Waals surface area contributed by atoms with Gasteiger partial charge in [0.1, 0.15) is 17.1 Å². The maximum atomic E-state index is 11.2. The number of aromatic carboxylic acids is 1. The van der Waals surface area contributed by atoms with Crippen molar-refractivity contribution in [2.75, 3.05) is 20.2 Å². The third-order valence-electron chi connectivity index (χ3n) is 6.95. The molecular formula is C27H30N2O5. The Kier molecular flexibility index (Phi) is 7.14. The number of aromatic hydroxyl groups is 1. The third kappa shape index (κ3) is 4.76. The summed E-state index contributed by atoms with van der Waals surface area (Å²) in [6, 6.07) is 13.8. The third-order valence-corrected chi connectivity index (χ3v) is 6.95. The Morgan fingerprint density at radius 2 is 2.06 bits per heavy atom. The smallest absolute Gasteiger partial charge is 0.339 e. The molecule has 3 fully saturated rings. The van der Waals surface area contributed by atoms with Crippen molar-refractivity contribution in [2.45, 2.75) is 25.0 Å². The predicted octanol–water partition coefficient (Wildman–Crippen LogP) is 4.26. The Morgan fingerprint density at radius 3 is 2.68 bits per heavy atom. The van der Waals surface area contributed by atoms with Crippen molar-refractivity contribution in [3.8, 4) is 11.5 Å². The largest absolute Gasteiger partial charge is 0.507 e. The summed E-state index contributed by atoms with van der Waals surface area (Å²) in [6.07, 6.45) is 5.62. The number of piperidine rings is 3. The van der Waals surface area contributed by atoms with Crippen LogP contribution >= 0.6 is 0 Å². The van der Waals surface area contributed by atoms with Crippen LogP contribution in [0, 0.1) is 11.8 Å². The number of carboxylic acids is 1. The number of carboxylic acid groups (broad SMARTS) is 1. The van der Waals surface area contributed by atoms with Crippen LogP contribution in [-0.4, -0.2) is 57.4 Å². The summed E-state index contributed by atoms with van der Waals surface area (Å²) in [5.74, 6) is 0.695. The molecule has 2 bridgehead atoms. The second-order valence-corrected chi connectivity index (χ2v) is 8.80. The zero-order valence-corrected chi connectivity index (χ0v) is 19.2. The van der Waals surface area contributed by atoms with Gasteiger partial charge in [0.2, 0.25) is 0 Å². The highest BCUT2D eigenvalue weighted by Gasteiger charge is 2.42. The van der Waals surface area contributed by atoms with Crippen LogP contribution in [-0.2, 0) is 0 Å². The van der Waals surface area contributed by atoms with E-state index in [1.54, 1.807) is 25.4 Å². The molecule has 7 nitrogen and oxygen atoms in total. The van der Waals surface area contributed by atoms with Crippen molar-refractivity contribution in [3.05, 3.63) is 78.5 Å². The average molecular weight is 463 g/mol. The summed E-state index contributed by atoms with van der Waals surface area (Å²) in [7, 11) is 1.66. The monoisotopic (exact) mass is 462 g/mol. The Labute approximate surface area is 198 Å². The lowest BCUT2D eigenvalue weighted by Crippen LogP contribution is -2.54. The summed E-state index contributed by atoms with van der Waals surface area (Å²) >= 11 is 0. The number of ether oxygens (including phenoxy) is 1. The topological polar surface area (TPSA) is 103 Å². The van der Waals surface area contributed by atoms with Crippen molar-refractivity contribution < 1.29 is 24.9 Å². The number of phenols is 1. The number of aromatic nitrogens is 1. The van der Waals surface area contributed by atoms with E-state index in [1.165, 1.54) is 18.6 Å². The quantitative estimate of drug-likeness (QED) is 0.487. The molecule has 3 N–H and O–H groups in total. The van der Waals surface area contributed by atoms with E-state index in [-0.39, 0.29) is 17.4 Å². The van der Waals surface area contributed by atoms with Gasteiger partial charge >= 0.3 is 5.97 Å². The van der Waals surface area contributed by atoms with Crippen LogP contribution < -0.4 is 4.74 Å². The van der Waals surface area contributed by atoms with Gasteiger partial charge in [-0.05, 0) is 73.2 Å². The van der Waals surface area contributed by atoms with Gasteiger partial charge in [0, 0.05) is 24.2 Å². The minimum atomic E-state index is -1.11. The Balaban J connectivity index is 0.000000231. The highest BCUT2D eigenvalue weighted by atomic mass is 16.5. The maximum Gasteiger partial charge on any atom is 0.339 e. The van der Waals surface area contributed by atoms with E-state index in [0.29, 0.717) is 11.8 Å². The minimum absolute atomic E-state index is 0.0671. The lowest BCUT2D eigenvalue weighted by Gasteiger charge is -2.50. The predicted molar refractivity (Wildman–Crippen MR) is 130 cm³/mol. The van der Waals surface area contributed by atoms with Crippen LogP contribution in [0.3, 0.4) is 0 Å². The van der Waals surface area contributed by atoms with Crippen molar-refractivity contribution in [1.29, 1.82) is 0 Å². The number of aliphatic hydroxyl groups is 1. The molecule has 34 heavy (non-hydrogen) atoms. The second kappa shape index (κ2) is 10.2. The number of methoxy groups -OCH3 is 1. The van der Waals surface area contributed by atoms with Crippen LogP contribution in [0.5, 0.6) is 11.5 Å². The lowest BCUT2D eigenvalue weighted by molar-refractivity contribution is -0.0444. The van der Waals surface area contributed by atoms with Crippen LogP contribution in [0.25, 0.3) is 10.9 Å². The number of benzene rings is 2. The molecule has 3 aliphatic heterocycles. The molecule has 6 rings (SSSR count). The molecule has 2 aromatic carbocycles. The number of carbonyl (C=O) groups is 1.